The monoisotopic (exact) mass is 257 g/mol. The lowest BCUT2D eigenvalue weighted by molar-refractivity contribution is 0.248. The van der Waals surface area contributed by atoms with Crippen LogP contribution in [0.25, 0.3) is 11.0 Å². The van der Waals surface area contributed by atoms with Gasteiger partial charge in [-0.25, -0.2) is 4.98 Å². The summed E-state index contributed by atoms with van der Waals surface area (Å²) in [5.41, 5.74) is 2.32. The summed E-state index contributed by atoms with van der Waals surface area (Å²) in [5.74, 6) is 1.74. The van der Waals surface area contributed by atoms with Crippen LogP contribution in [0.3, 0.4) is 0 Å². The van der Waals surface area contributed by atoms with Gasteiger partial charge in [0.25, 0.3) is 0 Å². The van der Waals surface area contributed by atoms with Crippen LogP contribution in [0.4, 0.5) is 0 Å². The molecule has 3 rings (SSSR count). The number of rotatable bonds is 4. The lowest BCUT2D eigenvalue weighted by atomic mass is 9.80. The number of hydrogen-bond donors (Lipinski definition) is 2. The van der Waals surface area contributed by atoms with E-state index in [1.165, 1.54) is 36.6 Å². The molecule has 2 atom stereocenters. The van der Waals surface area contributed by atoms with Crippen molar-refractivity contribution >= 4 is 11.0 Å². The van der Waals surface area contributed by atoms with Crippen LogP contribution in [0.5, 0.6) is 0 Å². The Balaban J connectivity index is 1.57. The van der Waals surface area contributed by atoms with Gasteiger partial charge in [-0.1, -0.05) is 26.2 Å². The van der Waals surface area contributed by atoms with Gasteiger partial charge in [-0.05, 0) is 42.5 Å². The van der Waals surface area contributed by atoms with Gasteiger partial charge in [-0.15, -0.1) is 0 Å². The number of hydrogen-bond acceptors (Lipinski definition) is 2. The first-order chi connectivity index (χ1) is 9.34. The van der Waals surface area contributed by atoms with Crippen molar-refractivity contribution in [2.45, 2.75) is 39.2 Å². The van der Waals surface area contributed by atoms with Gasteiger partial charge in [0.2, 0.25) is 0 Å². The Labute approximate surface area is 114 Å². The fraction of sp³-hybridized carbons (Fsp3) is 0.562. The van der Waals surface area contributed by atoms with Crippen LogP contribution >= 0.6 is 0 Å². The Kier molecular flexibility index (Phi) is 3.83. The molecule has 3 heteroatoms. The quantitative estimate of drug-likeness (QED) is 0.880. The lowest BCUT2D eigenvalue weighted by Gasteiger charge is -2.28. The second-order valence-corrected chi connectivity index (χ2v) is 5.87. The maximum absolute atomic E-state index is 4.33. The van der Waals surface area contributed by atoms with Crippen LogP contribution in [-0.4, -0.2) is 16.5 Å². The molecule has 2 N–H and O–H groups in total. The van der Waals surface area contributed by atoms with Crippen LogP contribution in [0.2, 0.25) is 0 Å². The van der Waals surface area contributed by atoms with Crippen molar-refractivity contribution in [1.82, 2.24) is 15.3 Å². The lowest BCUT2D eigenvalue weighted by Crippen LogP contribution is -2.29. The van der Waals surface area contributed by atoms with Crippen molar-refractivity contribution < 1.29 is 0 Å². The Morgan fingerprint density at radius 3 is 3.16 bits per heavy atom. The fourth-order valence-corrected chi connectivity index (χ4v) is 3.25. The van der Waals surface area contributed by atoms with Crippen LogP contribution in [0.1, 0.15) is 38.2 Å². The molecule has 2 aromatic rings. The summed E-state index contributed by atoms with van der Waals surface area (Å²) < 4.78 is 0. The highest BCUT2D eigenvalue weighted by Gasteiger charge is 2.20. The standard InChI is InChI=1S/C16H23N3/c1-12-5-2-3-6-13(12)9-17-10-14-11-19-16-15(14)7-4-8-18-16/h4,7-8,11-13,17H,2-3,5-6,9-10H2,1H3,(H,18,19). The van der Waals surface area contributed by atoms with E-state index < -0.39 is 0 Å². The maximum atomic E-state index is 4.33. The highest BCUT2D eigenvalue weighted by atomic mass is 14.9. The number of nitrogens with one attached hydrogen (secondary N) is 2. The first kappa shape index (κ1) is 12.7. The summed E-state index contributed by atoms with van der Waals surface area (Å²) in [4.78, 5) is 7.56. The van der Waals surface area contributed by atoms with E-state index in [0.29, 0.717) is 0 Å². The zero-order valence-electron chi connectivity index (χ0n) is 11.7. The van der Waals surface area contributed by atoms with E-state index in [1.807, 2.05) is 12.3 Å². The first-order valence-corrected chi connectivity index (χ1v) is 7.46. The molecule has 0 aliphatic heterocycles. The van der Waals surface area contributed by atoms with E-state index in [-0.39, 0.29) is 0 Å². The van der Waals surface area contributed by atoms with Crippen molar-refractivity contribution in [3.63, 3.8) is 0 Å². The van der Waals surface area contributed by atoms with E-state index >= 15 is 0 Å². The molecular weight excluding hydrogens is 234 g/mol. The molecule has 0 aromatic carbocycles. The SMILES string of the molecule is CC1CCCCC1CNCc1c[nH]c2ncccc12. The number of nitrogens with zero attached hydrogens (tertiary/aromatic N) is 1. The maximum Gasteiger partial charge on any atom is 0.137 e. The number of aromatic amines is 1. The van der Waals surface area contributed by atoms with Gasteiger partial charge in [-0.3, -0.25) is 0 Å². The Morgan fingerprint density at radius 2 is 2.26 bits per heavy atom. The molecule has 0 amide bonds. The minimum atomic E-state index is 0.858. The summed E-state index contributed by atoms with van der Waals surface area (Å²) >= 11 is 0. The largest absolute Gasteiger partial charge is 0.346 e. The number of fused-ring (bicyclic) bond motifs is 1. The van der Waals surface area contributed by atoms with Gasteiger partial charge in [0, 0.05) is 24.3 Å². The minimum Gasteiger partial charge on any atom is -0.346 e. The van der Waals surface area contributed by atoms with E-state index in [9.17, 15) is 0 Å². The van der Waals surface area contributed by atoms with Crippen molar-refractivity contribution in [2.75, 3.05) is 6.54 Å². The number of aromatic nitrogens is 2. The molecule has 102 valence electrons. The second kappa shape index (κ2) is 5.74. The molecule has 1 saturated carbocycles. The van der Waals surface area contributed by atoms with Crippen LogP contribution in [-0.2, 0) is 6.54 Å². The third-order valence-electron chi connectivity index (χ3n) is 4.55. The second-order valence-electron chi connectivity index (χ2n) is 5.87. The van der Waals surface area contributed by atoms with Crippen LogP contribution in [0, 0.1) is 11.8 Å². The van der Waals surface area contributed by atoms with Gasteiger partial charge in [0.15, 0.2) is 0 Å². The molecule has 2 unspecified atom stereocenters. The van der Waals surface area contributed by atoms with E-state index in [0.717, 1.165) is 30.6 Å². The molecule has 0 radical (unpaired) electrons. The fourth-order valence-electron chi connectivity index (χ4n) is 3.25. The summed E-state index contributed by atoms with van der Waals surface area (Å²) in [6.45, 7) is 4.49. The van der Waals surface area contributed by atoms with E-state index in [4.69, 9.17) is 0 Å². The molecule has 0 bridgehead atoms. The summed E-state index contributed by atoms with van der Waals surface area (Å²) in [5, 5.41) is 4.87. The summed E-state index contributed by atoms with van der Waals surface area (Å²) in [7, 11) is 0. The van der Waals surface area contributed by atoms with Crippen molar-refractivity contribution in [3.05, 3.63) is 30.1 Å². The minimum absolute atomic E-state index is 0.858. The molecule has 1 aliphatic rings. The number of H-pyrrole nitrogens is 1. The predicted molar refractivity (Wildman–Crippen MR) is 78.9 cm³/mol. The number of pyridine rings is 1. The third-order valence-corrected chi connectivity index (χ3v) is 4.55. The topological polar surface area (TPSA) is 40.7 Å². The van der Waals surface area contributed by atoms with Gasteiger partial charge >= 0.3 is 0 Å². The highest BCUT2D eigenvalue weighted by Crippen LogP contribution is 2.29. The zero-order valence-corrected chi connectivity index (χ0v) is 11.7. The summed E-state index contributed by atoms with van der Waals surface area (Å²) in [6, 6.07) is 4.14. The molecule has 1 aliphatic carbocycles. The van der Waals surface area contributed by atoms with E-state index in [2.05, 4.69) is 34.5 Å². The molecular formula is C16H23N3. The molecule has 1 fully saturated rings. The van der Waals surface area contributed by atoms with Gasteiger partial charge in [-0.2, -0.15) is 0 Å². The molecule has 3 nitrogen and oxygen atoms in total. The summed E-state index contributed by atoms with van der Waals surface area (Å²) in [6.07, 6.45) is 9.54. The van der Waals surface area contributed by atoms with Gasteiger partial charge < -0.3 is 10.3 Å². The molecule has 0 spiro atoms. The molecule has 0 saturated heterocycles. The highest BCUT2D eigenvalue weighted by molar-refractivity contribution is 5.79. The average Bonchev–Trinajstić information content (AvgIpc) is 2.85. The van der Waals surface area contributed by atoms with Crippen molar-refractivity contribution in [1.29, 1.82) is 0 Å². The molecule has 2 aromatic heterocycles. The average molecular weight is 257 g/mol. The smallest absolute Gasteiger partial charge is 0.137 e. The van der Waals surface area contributed by atoms with Crippen LogP contribution < -0.4 is 5.32 Å². The van der Waals surface area contributed by atoms with E-state index in [1.54, 1.807) is 0 Å². The van der Waals surface area contributed by atoms with Crippen molar-refractivity contribution in [3.8, 4) is 0 Å². The van der Waals surface area contributed by atoms with Crippen LogP contribution in [0.15, 0.2) is 24.5 Å². The third kappa shape index (κ3) is 2.81. The normalized spacial score (nSPS) is 23.8. The Bertz CT molecular complexity index is 532. The predicted octanol–water partition coefficient (Wildman–Crippen LogP) is 3.48. The first-order valence-electron chi connectivity index (χ1n) is 7.46. The molecule has 19 heavy (non-hydrogen) atoms. The Morgan fingerprint density at radius 1 is 1.37 bits per heavy atom. The van der Waals surface area contributed by atoms with Gasteiger partial charge in [0.1, 0.15) is 5.65 Å². The molecule has 2 heterocycles. The van der Waals surface area contributed by atoms with Gasteiger partial charge in [0.05, 0.1) is 0 Å². The van der Waals surface area contributed by atoms with Crippen molar-refractivity contribution in [2.24, 2.45) is 11.8 Å². The zero-order chi connectivity index (χ0) is 13.1. The Hall–Kier alpha value is -1.35.